The third kappa shape index (κ3) is 2.69. The van der Waals surface area contributed by atoms with Crippen molar-refractivity contribution in [1.29, 1.82) is 0 Å². The molecule has 0 spiro atoms. The molecule has 0 aromatic rings. The van der Waals surface area contributed by atoms with Crippen molar-refractivity contribution in [3.63, 3.8) is 0 Å². The van der Waals surface area contributed by atoms with E-state index >= 15 is 0 Å². The van der Waals surface area contributed by atoms with Gasteiger partial charge in [-0.1, -0.05) is 6.92 Å². The number of methoxy groups -OCH3 is 1. The first-order valence-corrected chi connectivity index (χ1v) is 5.47. The highest BCUT2D eigenvalue weighted by molar-refractivity contribution is 5.71. The average molecular weight is 215 g/mol. The van der Waals surface area contributed by atoms with Crippen molar-refractivity contribution in [2.75, 3.05) is 20.2 Å². The first kappa shape index (κ1) is 12.5. The number of ether oxygens (including phenoxy) is 1. The number of carboxylic acid groups (broad SMARTS) is 1. The number of hydrogen-bond donors (Lipinski definition) is 1. The van der Waals surface area contributed by atoms with Crippen molar-refractivity contribution in [2.45, 2.75) is 32.9 Å². The number of carboxylic acids is 1. The third-order valence-corrected chi connectivity index (χ3v) is 3.58. The number of aliphatic carboxylic acids is 1. The Morgan fingerprint density at radius 2 is 2.07 bits per heavy atom. The smallest absolute Gasteiger partial charge is 0.308 e. The van der Waals surface area contributed by atoms with Gasteiger partial charge in [0.2, 0.25) is 0 Å². The second-order valence-electron chi connectivity index (χ2n) is 4.56. The summed E-state index contributed by atoms with van der Waals surface area (Å²) in [6.45, 7) is 7.61. The fourth-order valence-electron chi connectivity index (χ4n) is 2.15. The first-order chi connectivity index (χ1) is 6.97. The van der Waals surface area contributed by atoms with Crippen molar-refractivity contribution >= 4 is 5.97 Å². The minimum atomic E-state index is -0.678. The second kappa shape index (κ2) is 4.94. The van der Waals surface area contributed by atoms with Crippen LogP contribution in [-0.2, 0) is 9.53 Å². The molecule has 0 saturated carbocycles. The standard InChI is InChI=1S/C11H21NO3/c1-7-5-12(6-10(7)11(13)14)8(2)9(3)15-4/h7-10H,5-6H2,1-4H3,(H,13,14). The van der Waals surface area contributed by atoms with Gasteiger partial charge >= 0.3 is 5.97 Å². The Bertz CT molecular complexity index is 232. The molecule has 4 atom stereocenters. The van der Waals surface area contributed by atoms with Crippen LogP contribution in [0.15, 0.2) is 0 Å². The fourth-order valence-corrected chi connectivity index (χ4v) is 2.15. The molecule has 0 amide bonds. The Morgan fingerprint density at radius 3 is 2.47 bits per heavy atom. The maximum atomic E-state index is 11.0. The minimum Gasteiger partial charge on any atom is -0.481 e. The van der Waals surface area contributed by atoms with Gasteiger partial charge < -0.3 is 9.84 Å². The lowest BCUT2D eigenvalue weighted by Gasteiger charge is -2.28. The molecule has 88 valence electrons. The zero-order valence-corrected chi connectivity index (χ0v) is 9.93. The summed E-state index contributed by atoms with van der Waals surface area (Å²) in [6.07, 6.45) is 0.143. The van der Waals surface area contributed by atoms with Crippen LogP contribution in [0, 0.1) is 11.8 Å². The number of rotatable bonds is 4. The molecule has 4 nitrogen and oxygen atoms in total. The molecule has 4 heteroatoms. The van der Waals surface area contributed by atoms with Gasteiger partial charge in [-0.05, 0) is 19.8 Å². The molecule has 1 N–H and O–H groups in total. The van der Waals surface area contributed by atoms with Crippen LogP contribution in [0.25, 0.3) is 0 Å². The molecule has 15 heavy (non-hydrogen) atoms. The SMILES string of the molecule is COC(C)C(C)N1CC(C)C(C(=O)O)C1. The largest absolute Gasteiger partial charge is 0.481 e. The maximum absolute atomic E-state index is 11.0. The summed E-state index contributed by atoms with van der Waals surface area (Å²) >= 11 is 0. The van der Waals surface area contributed by atoms with E-state index in [1.165, 1.54) is 0 Å². The minimum absolute atomic E-state index is 0.143. The van der Waals surface area contributed by atoms with Crippen molar-refractivity contribution in [1.82, 2.24) is 4.90 Å². The number of likely N-dealkylation sites (tertiary alicyclic amines) is 1. The molecule has 1 saturated heterocycles. The van der Waals surface area contributed by atoms with Gasteiger partial charge in [0.15, 0.2) is 0 Å². The van der Waals surface area contributed by atoms with E-state index in [9.17, 15) is 4.79 Å². The van der Waals surface area contributed by atoms with Gasteiger partial charge in [0.1, 0.15) is 0 Å². The van der Waals surface area contributed by atoms with Crippen LogP contribution < -0.4 is 0 Å². The highest BCUT2D eigenvalue weighted by Crippen LogP contribution is 2.26. The van der Waals surface area contributed by atoms with E-state index in [1.807, 2.05) is 13.8 Å². The second-order valence-corrected chi connectivity index (χ2v) is 4.56. The van der Waals surface area contributed by atoms with Crippen molar-refractivity contribution in [3.05, 3.63) is 0 Å². The van der Waals surface area contributed by atoms with Crippen molar-refractivity contribution in [3.8, 4) is 0 Å². The van der Waals surface area contributed by atoms with E-state index in [1.54, 1.807) is 7.11 Å². The Morgan fingerprint density at radius 1 is 1.47 bits per heavy atom. The lowest BCUT2D eigenvalue weighted by molar-refractivity contribution is -0.142. The molecule has 4 unspecified atom stereocenters. The summed E-state index contributed by atoms with van der Waals surface area (Å²) in [5.74, 6) is -0.673. The van der Waals surface area contributed by atoms with Crippen LogP contribution >= 0.6 is 0 Å². The van der Waals surface area contributed by atoms with Crippen LogP contribution in [0.3, 0.4) is 0 Å². The first-order valence-electron chi connectivity index (χ1n) is 5.47. The normalized spacial score (nSPS) is 31.5. The van der Waals surface area contributed by atoms with Crippen LogP contribution in [0.4, 0.5) is 0 Å². The predicted molar refractivity (Wildman–Crippen MR) is 57.8 cm³/mol. The van der Waals surface area contributed by atoms with Crippen LogP contribution in [-0.4, -0.2) is 48.3 Å². The summed E-state index contributed by atoms with van der Waals surface area (Å²) in [4.78, 5) is 13.2. The van der Waals surface area contributed by atoms with Gasteiger partial charge in [0.05, 0.1) is 12.0 Å². The Labute approximate surface area is 91.2 Å². The maximum Gasteiger partial charge on any atom is 0.308 e. The number of carbonyl (C=O) groups is 1. The Hall–Kier alpha value is -0.610. The highest BCUT2D eigenvalue weighted by atomic mass is 16.5. The van der Waals surface area contributed by atoms with Crippen LogP contribution in [0.5, 0.6) is 0 Å². The molecule has 0 bridgehead atoms. The summed E-state index contributed by atoms with van der Waals surface area (Å²) in [5.41, 5.74) is 0. The van der Waals surface area contributed by atoms with Crippen molar-refractivity contribution in [2.24, 2.45) is 11.8 Å². The van der Waals surface area contributed by atoms with E-state index in [0.29, 0.717) is 6.54 Å². The average Bonchev–Trinajstić information content (AvgIpc) is 2.58. The van der Waals surface area contributed by atoms with E-state index in [0.717, 1.165) is 6.54 Å². The third-order valence-electron chi connectivity index (χ3n) is 3.58. The van der Waals surface area contributed by atoms with Gasteiger partial charge in [0.25, 0.3) is 0 Å². The predicted octanol–water partition coefficient (Wildman–Crippen LogP) is 1.06. The van der Waals surface area contributed by atoms with E-state index in [-0.39, 0.29) is 24.0 Å². The van der Waals surface area contributed by atoms with Gasteiger partial charge in [-0.25, -0.2) is 0 Å². The zero-order chi connectivity index (χ0) is 11.6. The molecular weight excluding hydrogens is 194 g/mol. The monoisotopic (exact) mass is 215 g/mol. The van der Waals surface area contributed by atoms with E-state index in [2.05, 4.69) is 11.8 Å². The molecule has 1 aliphatic heterocycles. The summed E-state index contributed by atoms with van der Waals surface area (Å²) in [6, 6.07) is 0.279. The van der Waals surface area contributed by atoms with Gasteiger partial charge in [-0.3, -0.25) is 9.69 Å². The summed E-state index contributed by atoms with van der Waals surface area (Å²) < 4.78 is 5.27. The topological polar surface area (TPSA) is 49.8 Å². The molecule has 0 radical (unpaired) electrons. The van der Waals surface area contributed by atoms with Gasteiger partial charge in [0, 0.05) is 26.2 Å². The molecule has 0 aromatic carbocycles. The molecular formula is C11H21NO3. The lowest BCUT2D eigenvalue weighted by atomic mass is 9.99. The molecule has 0 aromatic heterocycles. The number of hydrogen-bond acceptors (Lipinski definition) is 3. The molecule has 1 rings (SSSR count). The zero-order valence-electron chi connectivity index (χ0n) is 9.93. The molecule has 0 aliphatic carbocycles. The van der Waals surface area contributed by atoms with Gasteiger partial charge in [-0.2, -0.15) is 0 Å². The lowest BCUT2D eigenvalue weighted by Crippen LogP contribution is -2.40. The van der Waals surface area contributed by atoms with E-state index < -0.39 is 5.97 Å². The van der Waals surface area contributed by atoms with Crippen molar-refractivity contribution < 1.29 is 14.6 Å². The molecule has 1 heterocycles. The van der Waals surface area contributed by atoms with Crippen LogP contribution in [0.1, 0.15) is 20.8 Å². The summed E-state index contributed by atoms with van der Waals surface area (Å²) in [7, 11) is 1.69. The fraction of sp³-hybridized carbons (Fsp3) is 0.909. The quantitative estimate of drug-likeness (QED) is 0.762. The highest BCUT2D eigenvalue weighted by Gasteiger charge is 2.37. The van der Waals surface area contributed by atoms with Crippen LogP contribution in [0.2, 0.25) is 0 Å². The Kier molecular flexibility index (Phi) is 4.11. The Balaban J connectivity index is 2.57. The molecule has 1 aliphatic rings. The van der Waals surface area contributed by atoms with Gasteiger partial charge in [-0.15, -0.1) is 0 Å². The van der Waals surface area contributed by atoms with E-state index in [4.69, 9.17) is 9.84 Å². The molecule has 1 fully saturated rings. The number of nitrogens with zero attached hydrogens (tertiary/aromatic N) is 1. The summed E-state index contributed by atoms with van der Waals surface area (Å²) in [5, 5.41) is 9.02.